The smallest absolute Gasteiger partial charge is 0.167 e. The number of benzene rings is 1. The van der Waals surface area contributed by atoms with Crippen LogP contribution in [0.1, 0.15) is 44.9 Å². The van der Waals surface area contributed by atoms with Crippen LogP contribution in [0.2, 0.25) is 0 Å². The molecule has 3 N–H and O–H groups in total. The molecular formula is C15H23FN2O. The van der Waals surface area contributed by atoms with E-state index in [1.54, 1.807) is 6.07 Å². The Labute approximate surface area is 114 Å². The Balaban J connectivity index is 2.08. The third-order valence-corrected chi connectivity index (χ3v) is 3.79. The molecule has 4 heteroatoms. The molecule has 0 radical (unpaired) electrons. The van der Waals surface area contributed by atoms with E-state index in [-0.39, 0.29) is 5.75 Å². The van der Waals surface area contributed by atoms with Crippen LogP contribution in [0.25, 0.3) is 0 Å². The van der Waals surface area contributed by atoms with Gasteiger partial charge in [0.05, 0.1) is 18.5 Å². The topological polar surface area (TPSA) is 47.3 Å². The third kappa shape index (κ3) is 3.75. The zero-order valence-electron chi connectivity index (χ0n) is 11.5. The molecule has 0 heterocycles. The summed E-state index contributed by atoms with van der Waals surface area (Å²) in [6.07, 6.45) is 8.75. The van der Waals surface area contributed by atoms with Crippen molar-refractivity contribution in [3.05, 3.63) is 17.9 Å². The Kier molecular flexibility index (Phi) is 4.88. The van der Waals surface area contributed by atoms with Gasteiger partial charge in [0.15, 0.2) is 11.6 Å². The fourth-order valence-corrected chi connectivity index (χ4v) is 2.67. The molecule has 0 amide bonds. The molecule has 1 aromatic carbocycles. The molecule has 1 aromatic rings. The van der Waals surface area contributed by atoms with Gasteiger partial charge in [-0.25, -0.2) is 4.39 Å². The number of nitrogens with one attached hydrogen (secondary N) is 1. The Morgan fingerprint density at radius 2 is 1.79 bits per heavy atom. The minimum atomic E-state index is -0.414. The number of ether oxygens (including phenoxy) is 1. The van der Waals surface area contributed by atoms with Crippen LogP contribution in [0, 0.1) is 5.82 Å². The van der Waals surface area contributed by atoms with E-state index in [1.165, 1.54) is 45.3 Å². The normalized spacial score (nSPS) is 17.6. The quantitative estimate of drug-likeness (QED) is 0.815. The molecule has 0 atom stereocenters. The van der Waals surface area contributed by atoms with Crippen molar-refractivity contribution in [2.24, 2.45) is 0 Å². The Bertz CT molecular complexity index is 415. The van der Waals surface area contributed by atoms with E-state index in [0.717, 1.165) is 18.5 Å². The van der Waals surface area contributed by atoms with Gasteiger partial charge in [-0.15, -0.1) is 0 Å². The van der Waals surface area contributed by atoms with Crippen molar-refractivity contribution in [2.75, 3.05) is 18.2 Å². The third-order valence-electron chi connectivity index (χ3n) is 3.79. The van der Waals surface area contributed by atoms with E-state index in [1.807, 2.05) is 0 Å². The van der Waals surface area contributed by atoms with Gasteiger partial charge in [0.25, 0.3) is 0 Å². The van der Waals surface area contributed by atoms with Gasteiger partial charge < -0.3 is 15.8 Å². The van der Waals surface area contributed by atoms with E-state index in [0.29, 0.717) is 11.7 Å². The Hall–Kier alpha value is -1.45. The average Bonchev–Trinajstić information content (AvgIpc) is 2.35. The van der Waals surface area contributed by atoms with E-state index < -0.39 is 5.82 Å². The van der Waals surface area contributed by atoms with Crippen molar-refractivity contribution >= 4 is 11.4 Å². The first-order chi connectivity index (χ1) is 9.20. The summed E-state index contributed by atoms with van der Waals surface area (Å²) >= 11 is 0. The first-order valence-corrected chi connectivity index (χ1v) is 7.10. The predicted molar refractivity (Wildman–Crippen MR) is 77.1 cm³/mol. The minimum absolute atomic E-state index is 0.238. The van der Waals surface area contributed by atoms with Crippen LogP contribution in [0.15, 0.2) is 12.1 Å². The lowest BCUT2D eigenvalue weighted by Crippen LogP contribution is -2.21. The monoisotopic (exact) mass is 266 g/mol. The number of rotatable bonds is 3. The van der Waals surface area contributed by atoms with Crippen LogP contribution in [-0.2, 0) is 0 Å². The number of nitrogens with two attached hydrogens (primary N) is 1. The van der Waals surface area contributed by atoms with E-state index in [9.17, 15) is 4.39 Å². The SMILES string of the molecule is COc1cc(NC2CCCCCCC2)c(N)cc1F. The molecule has 3 nitrogen and oxygen atoms in total. The summed E-state index contributed by atoms with van der Waals surface area (Å²) in [5, 5.41) is 3.45. The lowest BCUT2D eigenvalue weighted by molar-refractivity contribution is 0.387. The Morgan fingerprint density at radius 3 is 2.42 bits per heavy atom. The van der Waals surface area contributed by atoms with E-state index in [2.05, 4.69) is 5.32 Å². The molecule has 0 spiro atoms. The maximum Gasteiger partial charge on any atom is 0.167 e. The molecule has 19 heavy (non-hydrogen) atoms. The van der Waals surface area contributed by atoms with Gasteiger partial charge in [-0.2, -0.15) is 0 Å². The van der Waals surface area contributed by atoms with Crippen molar-refractivity contribution in [1.82, 2.24) is 0 Å². The molecule has 0 bridgehead atoms. The molecule has 2 rings (SSSR count). The van der Waals surface area contributed by atoms with Crippen molar-refractivity contribution in [3.8, 4) is 5.75 Å². The Morgan fingerprint density at radius 1 is 1.16 bits per heavy atom. The molecular weight excluding hydrogens is 243 g/mol. The van der Waals surface area contributed by atoms with Crippen LogP contribution < -0.4 is 15.8 Å². The van der Waals surface area contributed by atoms with Crippen molar-refractivity contribution in [1.29, 1.82) is 0 Å². The first-order valence-electron chi connectivity index (χ1n) is 7.10. The lowest BCUT2D eigenvalue weighted by atomic mass is 9.96. The van der Waals surface area contributed by atoms with Crippen LogP contribution >= 0.6 is 0 Å². The highest BCUT2D eigenvalue weighted by atomic mass is 19.1. The number of anilines is 2. The summed E-state index contributed by atoms with van der Waals surface area (Å²) in [6.45, 7) is 0. The van der Waals surface area contributed by atoms with Crippen LogP contribution in [0.3, 0.4) is 0 Å². The highest BCUT2D eigenvalue weighted by Crippen LogP contribution is 2.30. The fourth-order valence-electron chi connectivity index (χ4n) is 2.67. The largest absolute Gasteiger partial charge is 0.494 e. The summed E-state index contributed by atoms with van der Waals surface area (Å²) in [5.74, 6) is -0.175. The van der Waals surface area contributed by atoms with Crippen LogP contribution in [-0.4, -0.2) is 13.2 Å². The number of hydrogen-bond acceptors (Lipinski definition) is 3. The average molecular weight is 266 g/mol. The highest BCUT2D eigenvalue weighted by molar-refractivity contribution is 5.69. The minimum Gasteiger partial charge on any atom is -0.494 e. The van der Waals surface area contributed by atoms with E-state index >= 15 is 0 Å². The van der Waals surface area contributed by atoms with Crippen molar-refractivity contribution in [3.63, 3.8) is 0 Å². The highest BCUT2D eigenvalue weighted by Gasteiger charge is 2.14. The predicted octanol–water partition coefficient (Wildman–Crippen LogP) is 3.94. The van der Waals surface area contributed by atoms with Gasteiger partial charge in [0, 0.05) is 18.2 Å². The standard InChI is InChI=1S/C15H23FN2O/c1-19-15-10-14(13(17)9-12(15)16)18-11-7-5-3-2-4-6-8-11/h9-11,18H,2-8,17H2,1H3. The summed E-state index contributed by atoms with van der Waals surface area (Å²) in [5.41, 5.74) is 7.10. The van der Waals surface area contributed by atoms with Gasteiger partial charge in [-0.3, -0.25) is 0 Å². The number of methoxy groups -OCH3 is 1. The van der Waals surface area contributed by atoms with Gasteiger partial charge in [-0.05, 0) is 12.8 Å². The van der Waals surface area contributed by atoms with Crippen LogP contribution in [0.5, 0.6) is 5.75 Å². The second kappa shape index (κ2) is 6.64. The number of hydrogen-bond donors (Lipinski definition) is 2. The zero-order chi connectivity index (χ0) is 13.7. The molecule has 106 valence electrons. The second-order valence-corrected chi connectivity index (χ2v) is 5.26. The lowest BCUT2D eigenvalue weighted by Gasteiger charge is -2.23. The summed E-state index contributed by atoms with van der Waals surface area (Å²) in [7, 11) is 1.47. The fraction of sp³-hybridized carbons (Fsp3) is 0.600. The maximum absolute atomic E-state index is 13.5. The van der Waals surface area contributed by atoms with Crippen molar-refractivity contribution in [2.45, 2.75) is 51.0 Å². The molecule has 1 fully saturated rings. The summed E-state index contributed by atoms with van der Waals surface area (Å²) < 4.78 is 18.5. The van der Waals surface area contributed by atoms with Gasteiger partial charge >= 0.3 is 0 Å². The molecule has 0 aromatic heterocycles. The second-order valence-electron chi connectivity index (χ2n) is 5.26. The molecule has 0 saturated heterocycles. The van der Waals surface area contributed by atoms with Gasteiger partial charge in [0.2, 0.25) is 0 Å². The summed E-state index contributed by atoms with van der Waals surface area (Å²) in [4.78, 5) is 0. The molecule has 1 saturated carbocycles. The number of nitrogen functional groups attached to an aromatic ring is 1. The zero-order valence-corrected chi connectivity index (χ0v) is 11.5. The number of halogens is 1. The van der Waals surface area contributed by atoms with Gasteiger partial charge in [-0.1, -0.05) is 32.1 Å². The molecule has 0 aliphatic heterocycles. The molecule has 0 unspecified atom stereocenters. The van der Waals surface area contributed by atoms with Crippen molar-refractivity contribution < 1.29 is 9.13 Å². The van der Waals surface area contributed by atoms with E-state index in [4.69, 9.17) is 10.5 Å². The molecule has 1 aliphatic rings. The molecule has 1 aliphatic carbocycles. The maximum atomic E-state index is 13.5. The summed E-state index contributed by atoms with van der Waals surface area (Å²) in [6, 6.07) is 3.41. The first kappa shape index (κ1) is 14.0. The van der Waals surface area contributed by atoms with Crippen LogP contribution in [0.4, 0.5) is 15.8 Å². The van der Waals surface area contributed by atoms with Gasteiger partial charge in [0.1, 0.15) is 0 Å².